The van der Waals surface area contributed by atoms with Gasteiger partial charge >= 0.3 is 0 Å². The first-order chi connectivity index (χ1) is 8.31. The Bertz CT molecular complexity index is 215. The second-order valence-electron chi connectivity index (χ2n) is 6.06. The molecule has 2 nitrogen and oxygen atoms in total. The van der Waals surface area contributed by atoms with Crippen molar-refractivity contribution in [1.82, 2.24) is 10.2 Å². The van der Waals surface area contributed by atoms with Gasteiger partial charge in [0.15, 0.2) is 0 Å². The zero-order valence-electron chi connectivity index (χ0n) is 11.8. The Kier molecular flexibility index (Phi) is 5.30. The molecule has 0 amide bonds. The summed E-state index contributed by atoms with van der Waals surface area (Å²) >= 11 is 0. The van der Waals surface area contributed by atoms with Crippen molar-refractivity contribution >= 4 is 0 Å². The summed E-state index contributed by atoms with van der Waals surface area (Å²) in [6.07, 6.45) is 9.89. The smallest absolute Gasteiger partial charge is 0.0110 e. The molecule has 0 radical (unpaired) electrons. The number of hydrogen-bond acceptors (Lipinski definition) is 2. The standard InChI is InChI=1S/C15H30N2/c1-3-14-8-6-11-17(14)12-10-16-15-9-5-4-7-13(15)2/h13-16H,3-12H2,1-2H3. The average molecular weight is 238 g/mol. The van der Waals surface area contributed by atoms with E-state index in [9.17, 15) is 0 Å². The van der Waals surface area contributed by atoms with E-state index in [1.165, 1.54) is 64.6 Å². The zero-order chi connectivity index (χ0) is 12.1. The van der Waals surface area contributed by atoms with Gasteiger partial charge in [0.05, 0.1) is 0 Å². The van der Waals surface area contributed by atoms with Crippen LogP contribution in [0.2, 0.25) is 0 Å². The molecule has 2 aliphatic rings. The highest BCUT2D eigenvalue weighted by Gasteiger charge is 2.24. The molecular weight excluding hydrogens is 208 g/mol. The van der Waals surface area contributed by atoms with E-state index < -0.39 is 0 Å². The van der Waals surface area contributed by atoms with Crippen LogP contribution in [0.3, 0.4) is 0 Å². The number of nitrogens with zero attached hydrogens (tertiary/aromatic N) is 1. The van der Waals surface area contributed by atoms with Gasteiger partial charge in [0.25, 0.3) is 0 Å². The Labute approximate surface area is 107 Å². The van der Waals surface area contributed by atoms with Crippen molar-refractivity contribution in [3.05, 3.63) is 0 Å². The van der Waals surface area contributed by atoms with Gasteiger partial charge in [0.2, 0.25) is 0 Å². The third-order valence-electron chi connectivity index (χ3n) is 4.89. The number of likely N-dealkylation sites (tertiary alicyclic amines) is 1. The summed E-state index contributed by atoms with van der Waals surface area (Å²) in [5.74, 6) is 0.893. The quantitative estimate of drug-likeness (QED) is 0.792. The summed E-state index contributed by atoms with van der Waals surface area (Å²) in [5.41, 5.74) is 0. The van der Waals surface area contributed by atoms with Crippen molar-refractivity contribution in [2.75, 3.05) is 19.6 Å². The summed E-state index contributed by atoms with van der Waals surface area (Å²) < 4.78 is 0. The lowest BCUT2D eigenvalue weighted by Gasteiger charge is -2.31. The van der Waals surface area contributed by atoms with Crippen LogP contribution in [0, 0.1) is 5.92 Å². The van der Waals surface area contributed by atoms with Crippen LogP contribution in [-0.4, -0.2) is 36.6 Å². The first-order valence-corrected chi connectivity index (χ1v) is 7.78. The maximum atomic E-state index is 3.80. The topological polar surface area (TPSA) is 15.3 Å². The maximum absolute atomic E-state index is 3.80. The third kappa shape index (κ3) is 3.69. The lowest BCUT2D eigenvalue weighted by molar-refractivity contribution is 0.226. The second kappa shape index (κ2) is 6.75. The van der Waals surface area contributed by atoms with Gasteiger partial charge < -0.3 is 5.32 Å². The molecule has 2 fully saturated rings. The molecule has 1 aliphatic heterocycles. The number of nitrogens with one attached hydrogen (secondary N) is 1. The Balaban J connectivity index is 1.65. The predicted molar refractivity (Wildman–Crippen MR) is 74.3 cm³/mol. The molecule has 0 aromatic heterocycles. The van der Waals surface area contributed by atoms with E-state index in [2.05, 4.69) is 24.1 Å². The molecule has 0 bridgehead atoms. The van der Waals surface area contributed by atoms with Crippen LogP contribution in [0.5, 0.6) is 0 Å². The van der Waals surface area contributed by atoms with Gasteiger partial charge in [-0.25, -0.2) is 0 Å². The van der Waals surface area contributed by atoms with Gasteiger partial charge in [-0.05, 0) is 44.6 Å². The fourth-order valence-corrected chi connectivity index (χ4v) is 3.66. The van der Waals surface area contributed by atoms with Gasteiger partial charge in [-0.15, -0.1) is 0 Å². The Hall–Kier alpha value is -0.0800. The molecule has 1 saturated heterocycles. The van der Waals surface area contributed by atoms with Gasteiger partial charge in [-0.1, -0.05) is 26.7 Å². The van der Waals surface area contributed by atoms with Crippen LogP contribution in [0.15, 0.2) is 0 Å². The molecule has 0 spiro atoms. The molecule has 2 heteroatoms. The molecule has 3 atom stereocenters. The second-order valence-corrected chi connectivity index (χ2v) is 6.06. The lowest BCUT2D eigenvalue weighted by Crippen LogP contribution is -2.42. The van der Waals surface area contributed by atoms with Crippen LogP contribution < -0.4 is 5.32 Å². The van der Waals surface area contributed by atoms with Crippen LogP contribution in [0.25, 0.3) is 0 Å². The molecule has 3 unspecified atom stereocenters. The Morgan fingerprint density at radius 3 is 2.71 bits per heavy atom. The normalized spacial score (nSPS) is 35.3. The monoisotopic (exact) mass is 238 g/mol. The third-order valence-corrected chi connectivity index (χ3v) is 4.89. The highest BCUT2D eigenvalue weighted by Crippen LogP contribution is 2.24. The molecule has 1 N–H and O–H groups in total. The summed E-state index contributed by atoms with van der Waals surface area (Å²) in [7, 11) is 0. The van der Waals surface area contributed by atoms with E-state index in [0.717, 1.165) is 18.0 Å². The SMILES string of the molecule is CCC1CCCN1CCNC1CCCCC1C. The minimum Gasteiger partial charge on any atom is -0.312 e. The van der Waals surface area contributed by atoms with Crippen molar-refractivity contribution in [2.45, 2.75) is 70.9 Å². The fourth-order valence-electron chi connectivity index (χ4n) is 3.66. The molecule has 0 aromatic carbocycles. The van der Waals surface area contributed by atoms with Gasteiger partial charge in [-0.3, -0.25) is 4.90 Å². The number of hydrogen-bond donors (Lipinski definition) is 1. The van der Waals surface area contributed by atoms with Gasteiger partial charge in [0.1, 0.15) is 0 Å². The van der Waals surface area contributed by atoms with Gasteiger partial charge in [-0.2, -0.15) is 0 Å². The minimum absolute atomic E-state index is 0.798. The van der Waals surface area contributed by atoms with Crippen molar-refractivity contribution < 1.29 is 0 Å². The first-order valence-electron chi connectivity index (χ1n) is 7.78. The van der Waals surface area contributed by atoms with Crippen molar-refractivity contribution in [2.24, 2.45) is 5.92 Å². The highest BCUT2D eigenvalue weighted by molar-refractivity contribution is 4.81. The number of rotatable bonds is 5. The Morgan fingerprint density at radius 2 is 1.94 bits per heavy atom. The molecule has 17 heavy (non-hydrogen) atoms. The molecule has 2 rings (SSSR count). The van der Waals surface area contributed by atoms with Crippen LogP contribution in [0.4, 0.5) is 0 Å². The fraction of sp³-hybridized carbons (Fsp3) is 1.00. The van der Waals surface area contributed by atoms with Crippen LogP contribution in [0.1, 0.15) is 58.8 Å². The molecule has 1 aliphatic carbocycles. The summed E-state index contributed by atoms with van der Waals surface area (Å²) in [6.45, 7) is 8.55. The van der Waals surface area contributed by atoms with Crippen molar-refractivity contribution in [1.29, 1.82) is 0 Å². The van der Waals surface area contributed by atoms with Crippen molar-refractivity contribution in [3.8, 4) is 0 Å². The van der Waals surface area contributed by atoms with Gasteiger partial charge in [0, 0.05) is 25.2 Å². The zero-order valence-corrected chi connectivity index (χ0v) is 11.8. The largest absolute Gasteiger partial charge is 0.312 e. The molecule has 1 saturated carbocycles. The van der Waals surface area contributed by atoms with E-state index in [-0.39, 0.29) is 0 Å². The lowest BCUT2D eigenvalue weighted by atomic mass is 9.86. The molecule has 0 aromatic rings. The Morgan fingerprint density at radius 1 is 1.12 bits per heavy atom. The van der Waals surface area contributed by atoms with Crippen molar-refractivity contribution in [3.63, 3.8) is 0 Å². The van der Waals surface area contributed by atoms with Crippen LogP contribution >= 0.6 is 0 Å². The predicted octanol–water partition coefficient (Wildman–Crippen LogP) is 3.03. The van der Waals surface area contributed by atoms with Crippen LogP contribution in [-0.2, 0) is 0 Å². The maximum Gasteiger partial charge on any atom is 0.0110 e. The highest BCUT2D eigenvalue weighted by atomic mass is 15.2. The molecule has 1 heterocycles. The summed E-state index contributed by atoms with van der Waals surface area (Å²) in [5, 5.41) is 3.80. The van der Waals surface area contributed by atoms with E-state index in [1.54, 1.807) is 0 Å². The average Bonchev–Trinajstić information content (AvgIpc) is 2.79. The van der Waals surface area contributed by atoms with E-state index in [1.807, 2.05) is 0 Å². The summed E-state index contributed by atoms with van der Waals surface area (Å²) in [4.78, 5) is 2.69. The molecular formula is C15H30N2. The van der Waals surface area contributed by atoms with E-state index in [4.69, 9.17) is 0 Å². The van der Waals surface area contributed by atoms with E-state index >= 15 is 0 Å². The summed E-state index contributed by atoms with van der Waals surface area (Å²) in [6, 6.07) is 1.67. The molecule has 100 valence electrons. The first kappa shape index (κ1) is 13.4. The van der Waals surface area contributed by atoms with E-state index in [0.29, 0.717) is 0 Å². The minimum atomic E-state index is 0.798.